The van der Waals surface area contributed by atoms with Crippen LogP contribution in [0.15, 0.2) is 12.2 Å². The first-order chi connectivity index (χ1) is 5.49. The number of carbonyl (C=O) groups excluding carboxylic acids is 1. The molecule has 2 N–H and O–H groups in total. The van der Waals surface area contributed by atoms with Gasteiger partial charge in [-0.3, -0.25) is 4.79 Å². The molecular formula is C10H19NO. The van der Waals surface area contributed by atoms with E-state index in [1.54, 1.807) is 0 Å². The first kappa shape index (κ1) is 11.4. The summed E-state index contributed by atoms with van der Waals surface area (Å²) in [6.45, 7) is 9.58. The molecule has 0 aliphatic rings. The fourth-order valence-electron chi connectivity index (χ4n) is 0.987. The minimum Gasteiger partial charge on any atom is -0.321 e. The van der Waals surface area contributed by atoms with Crippen molar-refractivity contribution in [3.05, 3.63) is 12.2 Å². The number of allylic oxidation sites excluding steroid dienone is 1. The molecule has 0 fully saturated rings. The van der Waals surface area contributed by atoms with E-state index in [0.29, 0.717) is 6.42 Å². The van der Waals surface area contributed by atoms with Crippen LogP contribution in [0.3, 0.4) is 0 Å². The molecule has 0 rings (SSSR count). The molecule has 0 heterocycles. The molecular weight excluding hydrogens is 150 g/mol. The largest absolute Gasteiger partial charge is 0.321 e. The van der Waals surface area contributed by atoms with Crippen LogP contribution >= 0.6 is 0 Å². The maximum Gasteiger partial charge on any atom is 0.153 e. The lowest BCUT2D eigenvalue weighted by Gasteiger charge is -2.16. The van der Waals surface area contributed by atoms with E-state index in [2.05, 4.69) is 6.58 Å². The van der Waals surface area contributed by atoms with Gasteiger partial charge in [0, 0.05) is 6.42 Å². The maximum atomic E-state index is 11.4. The summed E-state index contributed by atoms with van der Waals surface area (Å²) in [5.74, 6) is 0.383. The van der Waals surface area contributed by atoms with Gasteiger partial charge in [0.05, 0.1) is 6.04 Å². The van der Waals surface area contributed by atoms with Crippen molar-refractivity contribution in [2.75, 3.05) is 0 Å². The van der Waals surface area contributed by atoms with Crippen molar-refractivity contribution in [2.24, 2.45) is 11.7 Å². The van der Waals surface area contributed by atoms with Gasteiger partial charge < -0.3 is 5.73 Å². The normalized spacial score (nSPS) is 15.3. The molecule has 0 aromatic carbocycles. The third-order valence-electron chi connectivity index (χ3n) is 2.10. The number of Topliss-reactive ketones (excluding diaryl/α,β-unsaturated/α-hetero) is 1. The van der Waals surface area contributed by atoms with Gasteiger partial charge in [0.25, 0.3) is 0 Å². The van der Waals surface area contributed by atoms with Crippen LogP contribution in [0, 0.1) is 5.92 Å². The van der Waals surface area contributed by atoms with Crippen molar-refractivity contribution in [1.29, 1.82) is 0 Å². The van der Waals surface area contributed by atoms with Gasteiger partial charge in [-0.15, -0.1) is 0 Å². The van der Waals surface area contributed by atoms with Crippen molar-refractivity contribution in [1.82, 2.24) is 0 Å². The lowest BCUT2D eigenvalue weighted by atomic mass is 9.93. The molecule has 70 valence electrons. The molecule has 0 saturated heterocycles. The van der Waals surface area contributed by atoms with Gasteiger partial charge in [0.15, 0.2) is 5.78 Å². The predicted octanol–water partition coefficient (Wildman–Crippen LogP) is 1.90. The highest BCUT2D eigenvalue weighted by Gasteiger charge is 2.18. The van der Waals surface area contributed by atoms with Crippen molar-refractivity contribution >= 4 is 5.78 Å². The lowest BCUT2D eigenvalue weighted by Crippen LogP contribution is -2.36. The molecule has 0 saturated carbocycles. The summed E-state index contributed by atoms with van der Waals surface area (Å²) >= 11 is 0. The monoisotopic (exact) mass is 169 g/mol. The quantitative estimate of drug-likeness (QED) is 0.639. The summed E-state index contributed by atoms with van der Waals surface area (Å²) in [5.41, 5.74) is 6.62. The Morgan fingerprint density at radius 1 is 1.58 bits per heavy atom. The number of hydrogen-bond donors (Lipinski definition) is 1. The lowest BCUT2D eigenvalue weighted by molar-refractivity contribution is -0.120. The third kappa shape index (κ3) is 3.67. The highest BCUT2D eigenvalue weighted by molar-refractivity contribution is 5.85. The SMILES string of the molecule is C=C(C)CC(=O)[C@@H](N)C(C)CC. The van der Waals surface area contributed by atoms with Gasteiger partial charge in [0.2, 0.25) is 0 Å². The van der Waals surface area contributed by atoms with Crippen LogP contribution in [0.4, 0.5) is 0 Å². The second-order valence-electron chi connectivity index (χ2n) is 3.51. The molecule has 0 radical (unpaired) electrons. The van der Waals surface area contributed by atoms with Gasteiger partial charge in [-0.05, 0) is 12.8 Å². The first-order valence-electron chi connectivity index (χ1n) is 4.41. The highest BCUT2D eigenvalue weighted by atomic mass is 16.1. The Balaban J connectivity index is 4.01. The Labute approximate surface area is 74.8 Å². The fourth-order valence-corrected chi connectivity index (χ4v) is 0.987. The van der Waals surface area contributed by atoms with Crippen LogP contribution in [-0.2, 0) is 4.79 Å². The van der Waals surface area contributed by atoms with Gasteiger partial charge in [0.1, 0.15) is 0 Å². The molecule has 12 heavy (non-hydrogen) atoms. The van der Waals surface area contributed by atoms with Gasteiger partial charge in [-0.25, -0.2) is 0 Å². The van der Waals surface area contributed by atoms with Crippen LogP contribution < -0.4 is 5.73 Å². The van der Waals surface area contributed by atoms with Crippen LogP contribution in [0.5, 0.6) is 0 Å². The first-order valence-corrected chi connectivity index (χ1v) is 4.41. The Morgan fingerprint density at radius 3 is 2.42 bits per heavy atom. The maximum absolute atomic E-state index is 11.4. The summed E-state index contributed by atoms with van der Waals surface area (Å²) in [6.07, 6.45) is 1.37. The van der Waals surface area contributed by atoms with E-state index in [9.17, 15) is 4.79 Å². The Morgan fingerprint density at radius 2 is 2.08 bits per heavy atom. The molecule has 0 aromatic heterocycles. The van der Waals surface area contributed by atoms with Gasteiger partial charge in [-0.2, -0.15) is 0 Å². The smallest absolute Gasteiger partial charge is 0.153 e. The predicted molar refractivity (Wildman–Crippen MR) is 51.9 cm³/mol. The number of ketones is 1. The molecule has 2 nitrogen and oxygen atoms in total. The minimum atomic E-state index is -0.313. The molecule has 0 aliphatic heterocycles. The topological polar surface area (TPSA) is 43.1 Å². The molecule has 0 aromatic rings. The summed E-state index contributed by atoms with van der Waals surface area (Å²) in [6, 6.07) is -0.313. The summed E-state index contributed by atoms with van der Waals surface area (Å²) in [4.78, 5) is 11.4. The van der Waals surface area contributed by atoms with E-state index >= 15 is 0 Å². The van der Waals surface area contributed by atoms with E-state index in [0.717, 1.165) is 12.0 Å². The fraction of sp³-hybridized carbons (Fsp3) is 0.700. The molecule has 0 aliphatic carbocycles. The van der Waals surface area contributed by atoms with Gasteiger partial charge in [-0.1, -0.05) is 32.4 Å². The zero-order valence-corrected chi connectivity index (χ0v) is 8.26. The average Bonchev–Trinajstić information content (AvgIpc) is 2.00. The molecule has 0 bridgehead atoms. The van der Waals surface area contributed by atoms with E-state index in [1.807, 2.05) is 20.8 Å². The number of hydrogen-bond acceptors (Lipinski definition) is 2. The van der Waals surface area contributed by atoms with E-state index in [4.69, 9.17) is 5.73 Å². The zero-order chi connectivity index (χ0) is 9.72. The second kappa shape index (κ2) is 5.09. The Hall–Kier alpha value is -0.630. The van der Waals surface area contributed by atoms with Crippen LogP contribution in [0.25, 0.3) is 0 Å². The third-order valence-corrected chi connectivity index (χ3v) is 2.10. The summed E-state index contributed by atoms with van der Waals surface area (Å²) < 4.78 is 0. The minimum absolute atomic E-state index is 0.108. The summed E-state index contributed by atoms with van der Waals surface area (Å²) in [7, 11) is 0. The van der Waals surface area contributed by atoms with Crippen molar-refractivity contribution in [2.45, 2.75) is 39.7 Å². The summed E-state index contributed by atoms with van der Waals surface area (Å²) in [5, 5.41) is 0. The van der Waals surface area contributed by atoms with Crippen LogP contribution in [-0.4, -0.2) is 11.8 Å². The molecule has 0 amide bonds. The Bertz CT molecular complexity index is 175. The van der Waals surface area contributed by atoms with Crippen LogP contribution in [0.1, 0.15) is 33.6 Å². The zero-order valence-electron chi connectivity index (χ0n) is 8.26. The van der Waals surface area contributed by atoms with E-state index < -0.39 is 0 Å². The van der Waals surface area contributed by atoms with Crippen molar-refractivity contribution in [3.63, 3.8) is 0 Å². The number of nitrogens with two attached hydrogens (primary N) is 1. The average molecular weight is 169 g/mol. The number of rotatable bonds is 5. The second-order valence-corrected chi connectivity index (χ2v) is 3.51. The van der Waals surface area contributed by atoms with Crippen LogP contribution in [0.2, 0.25) is 0 Å². The highest BCUT2D eigenvalue weighted by Crippen LogP contribution is 2.09. The van der Waals surface area contributed by atoms with E-state index in [1.165, 1.54) is 0 Å². The molecule has 2 atom stereocenters. The van der Waals surface area contributed by atoms with Crippen molar-refractivity contribution < 1.29 is 4.79 Å². The Kier molecular flexibility index (Phi) is 4.83. The number of carbonyl (C=O) groups is 1. The molecule has 1 unspecified atom stereocenters. The molecule has 2 heteroatoms. The van der Waals surface area contributed by atoms with Gasteiger partial charge >= 0.3 is 0 Å². The van der Waals surface area contributed by atoms with Crippen molar-refractivity contribution in [3.8, 4) is 0 Å². The molecule has 0 spiro atoms. The van der Waals surface area contributed by atoms with E-state index in [-0.39, 0.29) is 17.7 Å². The standard InChI is InChI=1S/C10H19NO/c1-5-8(4)10(11)9(12)6-7(2)3/h8,10H,2,5-6,11H2,1,3-4H3/t8?,10-/m0/s1.